The van der Waals surface area contributed by atoms with Crippen LogP contribution in [0.4, 0.5) is 0 Å². The number of ether oxygens (including phenoxy) is 1. The minimum absolute atomic E-state index is 0. The molecule has 0 aromatic carbocycles. The van der Waals surface area contributed by atoms with Crippen molar-refractivity contribution in [2.24, 2.45) is 0 Å². The first-order valence-electron chi connectivity index (χ1n) is 2.18. The van der Waals surface area contributed by atoms with Gasteiger partial charge in [0.2, 0.25) is 0 Å². The molecule has 0 atom stereocenters. The molecular weight excluding hydrogens is 319 g/mol. The summed E-state index contributed by atoms with van der Waals surface area (Å²) in [7, 11) is 0. The van der Waals surface area contributed by atoms with Crippen LogP contribution in [0.3, 0.4) is 0 Å². The van der Waals surface area contributed by atoms with Gasteiger partial charge in [-0.3, -0.25) is 4.79 Å². The number of hydrogen-bond donors (Lipinski definition) is 0. The molecule has 8 heavy (non-hydrogen) atoms. The van der Waals surface area contributed by atoms with E-state index in [-0.39, 0.29) is 49.7 Å². The van der Waals surface area contributed by atoms with Gasteiger partial charge < -0.3 is 4.74 Å². The number of carbonyl (C=O) groups is 1. The molecule has 3 heteroatoms. The number of rotatable bonds is 1. The van der Waals surface area contributed by atoms with Crippen LogP contribution in [-0.2, 0) is 9.53 Å². The maximum atomic E-state index is 9.60. The van der Waals surface area contributed by atoms with Crippen molar-refractivity contribution in [1.29, 1.82) is 0 Å². The molecule has 0 spiro atoms. The van der Waals surface area contributed by atoms with Crippen molar-refractivity contribution in [3.05, 3.63) is 0 Å². The fourth-order valence-corrected chi connectivity index (χ4v) is 0.144. The predicted octanol–water partition coefficient (Wildman–Crippen LogP) is 0.958. The molecule has 0 fully saturated rings. The standard InChI is InChI=1S/C5H10O2.Ac/c1-5(2,3)7-4-6;/h4H,1-3H3;. The van der Waals surface area contributed by atoms with E-state index in [2.05, 4.69) is 4.74 Å². The minimum Gasteiger partial charge on any atom is -0.462 e. The third-order valence-electron chi connectivity index (χ3n) is 0.402. The van der Waals surface area contributed by atoms with Gasteiger partial charge in [0.15, 0.2) is 0 Å². The van der Waals surface area contributed by atoms with Gasteiger partial charge in [-0.25, -0.2) is 0 Å². The van der Waals surface area contributed by atoms with Crippen molar-refractivity contribution >= 4 is 6.47 Å². The summed E-state index contributed by atoms with van der Waals surface area (Å²) in [5.41, 5.74) is -0.318. The Labute approximate surface area is 85.5 Å². The molecule has 0 aliphatic rings. The molecule has 0 heterocycles. The Morgan fingerprint density at radius 1 is 1.38 bits per heavy atom. The minimum atomic E-state index is -0.318. The monoisotopic (exact) mass is 329 g/mol. The summed E-state index contributed by atoms with van der Waals surface area (Å²) < 4.78 is 4.55. The van der Waals surface area contributed by atoms with Crippen LogP contribution in [0.2, 0.25) is 0 Å². The van der Waals surface area contributed by atoms with E-state index >= 15 is 0 Å². The molecule has 0 aromatic heterocycles. The van der Waals surface area contributed by atoms with Gasteiger partial charge in [-0.15, -0.1) is 0 Å². The number of hydrogen-bond acceptors (Lipinski definition) is 2. The van der Waals surface area contributed by atoms with Crippen molar-refractivity contribution in [3.8, 4) is 0 Å². The van der Waals surface area contributed by atoms with Crippen LogP contribution >= 0.6 is 0 Å². The Kier molecular flexibility index (Phi) is 6.95. The van der Waals surface area contributed by atoms with Crippen molar-refractivity contribution in [3.63, 3.8) is 0 Å². The van der Waals surface area contributed by atoms with Gasteiger partial charge in [0.05, 0.1) is 0 Å². The van der Waals surface area contributed by atoms with Crippen LogP contribution in [0.1, 0.15) is 20.8 Å². The first kappa shape index (κ1) is 11.7. The molecule has 0 amide bonds. The molecule has 45 valence electrons. The Hall–Kier alpha value is 0.912. The largest absolute Gasteiger partial charge is 0.462 e. The molecular formula is C5H10AcO2. The average Bonchev–Trinajstić information content (AvgIpc) is 1.30. The van der Waals surface area contributed by atoms with Crippen LogP contribution in [-0.4, -0.2) is 12.1 Å². The molecule has 0 rings (SSSR count). The van der Waals surface area contributed by atoms with Crippen LogP contribution in [0, 0.1) is 44.1 Å². The van der Waals surface area contributed by atoms with E-state index in [1.807, 2.05) is 20.8 Å². The maximum absolute atomic E-state index is 9.60. The number of carbonyl (C=O) groups excluding carboxylic acids is 1. The zero-order valence-electron chi connectivity index (χ0n) is 5.47. The van der Waals surface area contributed by atoms with Gasteiger partial charge in [-0.1, -0.05) is 0 Å². The van der Waals surface area contributed by atoms with Gasteiger partial charge >= 0.3 is 0 Å². The molecule has 0 N–H and O–H groups in total. The normalized spacial score (nSPS) is 9.38. The second-order valence-electron chi connectivity index (χ2n) is 2.33. The first-order chi connectivity index (χ1) is 3.06. The zero-order valence-corrected chi connectivity index (χ0v) is 10.2. The Bertz CT molecular complexity index is 65.3. The van der Waals surface area contributed by atoms with Crippen molar-refractivity contribution in [1.82, 2.24) is 0 Å². The summed E-state index contributed by atoms with van der Waals surface area (Å²) in [4.78, 5) is 9.60. The van der Waals surface area contributed by atoms with Gasteiger partial charge in [-0.05, 0) is 20.8 Å². The van der Waals surface area contributed by atoms with Gasteiger partial charge in [0.1, 0.15) is 5.60 Å². The summed E-state index contributed by atoms with van der Waals surface area (Å²) in [5.74, 6) is 0. The summed E-state index contributed by atoms with van der Waals surface area (Å²) in [6.07, 6.45) is 0. The van der Waals surface area contributed by atoms with E-state index in [1.54, 1.807) is 0 Å². The smallest absolute Gasteiger partial charge is 0.293 e. The zero-order chi connectivity index (χ0) is 5.91. The van der Waals surface area contributed by atoms with Crippen molar-refractivity contribution in [2.75, 3.05) is 0 Å². The fourth-order valence-electron chi connectivity index (χ4n) is 0.144. The van der Waals surface area contributed by atoms with Crippen LogP contribution in [0.5, 0.6) is 0 Å². The summed E-state index contributed by atoms with van der Waals surface area (Å²) >= 11 is 0. The van der Waals surface area contributed by atoms with E-state index in [0.717, 1.165) is 0 Å². The quantitative estimate of drug-likeness (QED) is 0.670. The van der Waals surface area contributed by atoms with E-state index in [0.29, 0.717) is 6.47 Å². The predicted molar refractivity (Wildman–Crippen MR) is 26.9 cm³/mol. The second kappa shape index (κ2) is 4.76. The Balaban J connectivity index is 0. The van der Waals surface area contributed by atoms with Crippen LogP contribution in [0.15, 0.2) is 0 Å². The first-order valence-corrected chi connectivity index (χ1v) is 2.18. The van der Waals surface area contributed by atoms with Crippen molar-refractivity contribution < 1.29 is 53.6 Å². The van der Waals surface area contributed by atoms with E-state index < -0.39 is 0 Å². The molecule has 0 bridgehead atoms. The third kappa shape index (κ3) is 10.0. The second-order valence-corrected chi connectivity index (χ2v) is 2.33. The maximum Gasteiger partial charge on any atom is 0.293 e. The molecule has 0 saturated heterocycles. The van der Waals surface area contributed by atoms with Crippen molar-refractivity contribution in [2.45, 2.75) is 26.4 Å². The van der Waals surface area contributed by atoms with E-state index in [9.17, 15) is 4.79 Å². The summed E-state index contributed by atoms with van der Waals surface area (Å²) in [5, 5.41) is 0. The topological polar surface area (TPSA) is 26.3 Å². The molecule has 0 aliphatic heterocycles. The SMILES string of the molecule is CC(C)(C)OC=O.[Ac]. The van der Waals surface area contributed by atoms with Crippen LogP contribution < -0.4 is 0 Å². The molecule has 1 radical (unpaired) electrons. The third-order valence-corrected chi connectivity index (χ3v) is 0.402. The van der Waals surface area contributed by atoms with Gasteiger partial charge in [-0.2, -0.15) is 0 Å². The van der Waals surface area contributed by atoms with Gasteiger partial charge in [0, 0.05) is 44.1 Å². The van der Waals surface area contributed by atoms with E-state index in [4.69, 9.17) is 0 Å². The Morgan fingerprint density at radius 3 is 1.75 bits per heavy atom. The Morgan fingerprint density at radius 2 is 1.75 bits per heavy atom. The molecule has 0 aromatic rings. The molecule has 0 unspecified atom stereocenters. The summed E-state index contributed by atoms with van der Waals surface area (Å²) in [6, 6.07) is 0. The van der Waals surface area contributed by atoms with Crippen LogP contribution in [0.25, 0.3) is 0 Å². The van der Waals surface area contributed by atoms with Gasteiger partial charge in [0.25, 0.3) is 6.47 Å². The van der Waals surface area contributed by atoms with E-state index in [1.165, 1.54) is 0 Å². The summed E-state index contributed by atoms with van der Waals surface area (Å²) in [6.45, 7) is 5.92. The average molecular weight is 329 g/mol. The molecule has 2 nitrogen and oxygen atoms in total. The molecule has 0 aliphatic carbocycles. The fraction of sp³-hybridized carbons (Fsp3) is 0.800. The molecule has 0 saturated carbocycles.